The number of nitro groups is 1. The van der Waals surface area contributed by atoms with E-state index in [0.717, 1.165) is 13.2 Å². The van der Waals surface area contributed by atoms with Gasteiger partial charge < -0.3 is 21.9 Å². The highest BCUT2D eigenvalue weighted by Gasteiger charge is 2.29. The van der Waals surface area contributed by atoms with Crippen molar-refractivity contribution in [2.45, 2.75) is 0 Å². The Labute approximate surface area is 101 Å². The van der Waals surface area contributed by atoms with Crippen molar-refractivity contribution in [3.05, 3.63) is 27.3 Å². The van der Waals surface area contributed by atoms with Gasteiger partial charge in [-0.25, -0.2) is 0 Å². The van der Waals surface area contributed by atoms with Crippen LogP contribution in [0.1, 0.15) is 20.7 Å². The number of carbonyl (C=O) groups excluding carboxylic acids is 2. The van der Waals surface area contributed by atoms with E-state index in [0.29, 0.717) is 0 Å². The molecule has 2 amide bonds. The Bertz CT molecular complexity index is 554. The molecule has 6 N–H and O–H groups in total. The van der Waals surface area contributed by atoms with Crippen molar-refractivity contribution in [3.8, 4) is 5.75 Å². The minimum atomic E-state index is -1.10. The summed E-state index contributed by atoms with van der Waals surface area (Å²) in [4.78, 5) is 32.2. The molecule has 0 aliphatic rings. The van der Waals surface area contributed by atoms with E-state index in [-0.39, 0.29) is 17.0 Å². The van der Waals surface area contributed by atoms with Crippen molar-refractivity contribution < 1.29 is 19.2 Å². The first-order valence-electron chi connectivity index (χ1n) is 4.55. The molecule has 0 atom stereocenters. The minimum Gasteiger partial charge on any atom is -0.493 e. The van der Waals surface area contributed by atoms with Gasteiger partial charge in [0.1, 0.15) is 0 Å². The molecule has 0 spiro atoms. The maximum absolute atomic E-state index is 11.2. The van der Waals surface area contributed by atoms with Crippen LogP contribution in [-0.4, -0.2) is 23.8 Å². The Morgan fingerprint density at radius 1 is 1.33 bits per heavy atom. The van der Waals surface area contributed by atoms with Crippen LogP contribution in [0.3, 0.4) is 0 Å². The van der Waals surface area contributed by atoms with Gasteiger partial charge in [0.25, 0.3) is 17.5 Å². The van der Waals surface area contributed by atoms with Crippen LogP contribution >= 0.6 is 0 Å². The summed E-state index contributed by atoms with van der Waals surface area (Å²) >= 11 is 0. The highest BCUT2D eigenvalue weighted by Crippen LogP contribution is 2.36. The number of nitrogen functional groups attached to an aromatic ring is 1. The molecule has 0 aliphatic carbocycles. The van der Waals surface area contributed by atoms with E-state index in [2.05, 4.69) is 0 Å². The van der Waals surface area contributed by atoms with Gasteiger partial charge in [-0.1, -0.05) is 0 Å². The van der Waals surface area contributed by atoms with E-state index in [9.17, 15) is 19.7 Å². The summed E-state index contributed by atoms with van der Waals surface area (Å²) in [6.07, 6.45) is 0. The maximum atomic E-state index is 11.2. The highest BCUT2D eigenvalue weighted by atomic mass is 16.6. The van der Waals surface area contributed by atoms with E-state index in [4.69, 9.17) is 21.9 Å². The molecule has 0 aliphatic heterocycles. The van der Waals surface area contributed by atoms with E-state index in [1.165, 1.54) is 0 Å². The van der Waals surface area contributed by atoms with Crippen LogP contribution in [0.2, 0.25) is 0 Å². The lowest BCUT2D eigenvalue weighted by Crippen LogP contribution is -2.20. The highest BCUT2D eigenvalue weighted by molar-refractivity contribution is 6.07. The number of hydrogen-bond donors (Lipinski definition) is 3. The molecule has 0 aromatic heterocycles. The summed E-state index contributed by atoms with van der Waals surface area (Å²) in [5, 5.41) is 10.8. The smallest absolute Gasteiger partial charge is 0.286 e. The van der Waals surface area contributed by atoms with Crippen LogP contribution < -0.4 is 21.9 Å². The Morgan fingerprint density at radius 2 is 1.89 bits per heavy atom. The second-order valence-corrected chi connectivity index (χ2v) is 3.25. The van der Waals surface area contributed by atoms with Crippen LogP contribution in [-0.2, 0) is 0 Å². The molecule has 0 saturated carbocycles. The number of nitrogens with zero attached hydrogens (tertiary/aromatic N) is 1. The third kappa shape index (κ3) is 2.00. The number of amides is 2. The molecule has 0 unspecified atom stereocenters. The third-order valence-corrected chi connectivity index (χ3v) is 2.21. The SMILES string of the molecule is COc1c(N)c(C(N)=O)cc([N+](=O)[O-])c1C(N)=O. The molecular weight excluding hydrogens is 244 g/mol. The average molecular weight is 254 g/mol. The van der Waals surface area contributed by atoms with Crippen LogP contribution in [0.25, 0.3) is 0 Å². The predicted octanol–water partition coefficient (Wildman–Crippen LogP) is -0.617. The number of ether oxygens (including phenoxy) is 1. The van der Waals surface area contributed by atoms with Crippen molar-refractivity contribution in [1.29, 1.82) is 0 Å². The van der Waals surface area contributed by atoms with Crippen molar-refractivity contribution in [2.24, 2.45) is 11.5 Å². The molecular formula is C9H10N4O5. The van der Waals surface area contributed by atoms with Gasteiger partial charge in [-0.05, 0) is 0 Å². The molecule has 0 fully saturated rings. The molecule has 9 nitrogen and oxygen atoms in total. The van der Waals surface area contributed by atoms with E-state index < -0.39 is 28.0 Å². The zero-order valence-electron chi connectivity index (χ0n) is 9.30. The second-order valence-electron chi connectivity index (χ2n) is 3.25. The lowest BCUT2D eigenvalue weighted by atomic mass is 10.0. The zero-order chi connectivity index (χ0) is 14.0. The van der Waals surface area contributed by atoms with Crippen molar-refractivity contribution in [2.75, 3.05) is 12.8 Å². The van der Waals surface area contributed by atoms with E-state index in [1.54, 1.807) is 0 Å². The number of carbonyl (C=O) groups is 2. The van der Waals surface area contributed by atoms with Crippen LogP contribution in [0.4, 0.5) is 11.4 Å². The summed E-state index contributed by atoms with van der Waals surface area (Å²) in [5.74, 6) is -2.42. The Morgan fingerprint density at radius 3 is 2.22 bits per heavy atom. The Kier molecular flexibility index (Phi) is 3.36. The number of rotatable bonds is 4. The largest absolute Gasteiger partial charge is 0.493 e. The summed E-state index contributed by atoms with van der Waals surface area (Å²) in [6.45, 7) is 0. The first-order valence-corrected chi connectivity index (χ1v) is 4.55. The quantitative estimate of drug-likeness (QED) is 0.368. The lowest BCUT2D eigenvalue weighted by Gasteiger charge is -2.11. The van der Waals surface area contributed by atoms with Crippen LogP contribution in [0.5, 0.6) is 5.75 Å². The monoisotopic (exact) mass is 254 g/mol. The lowest BCUT2D eigenvalue weighted by molar-refractivity contribution is -0.385. The summed E-state index contributed by atoms with van der Waals surface area (Å²) in [5.41, 5.74) is 13.8. The third-order valence-electron chi connectivity index (χ3n) is 2.21. The Hall–Kier alpha value is -2.84. The van der Waals surface area contributed by atoms with Crippen molar-refractivity contribution in [3.63, 3.8) is 0 Å². The number of hydrogen-bond acceptors (Lipinski definition) is 6. The average Bonchev–Trinajstić information content (AvgIpc) is 2.26. The minimum absolute atomic E-state index is 0.274. The fourth-order valence-corrected chi connectivity index (χ4v) is 1.46. The molecule has 0 bridgehead atoms. The van der Waals surface area contributed by atoms with Gasteiger partial charge in [-0.15, -0.1) is 0 Å². The maximum Gasteiger partial charge on any atom is 0.286 e. The molecule has 0 radical (unpaired) electrons. The molecule has 1 aromatic carbocycles. The fraction of sp³-hybridized carbons (Fsp3) is 0.111. The number of nitro benzene ring substituents is 1. The molecule has 0 heterocycles. The molecule has 1 rings (SSSR count). The molecule has 96 valence electrons. The van der Waals surface area contributed by atoms with E-state index >= 15 is 0 Å². The number of methoxy groups -OCH3 is 1. The molecule has 9 heteroatoms. The zero-order valence-corrected chi connectivity index (χ0v) is 9.30. The van der Waals surface area contributed by atoms with Gasteiger partial charge in [0, 0.05) is 6.07 Å². The molecule has 0 saturated heterocycles. The fourth-order valence-electron chi connectivity index (χ4n) is 1.46. The standard InChI is InChI=1S/C9H10N4O5/c1-18-7-5(9(12)15)4(13(16)17)2-3(6(7)10)8(11)14/h2H,10H2,1H3,(H2,11,14)(H2,12,15). The molecule has 18 heavy (non-hydrogen) atoms. The predicted molar refractivity (Wildman–Crippen MR) is 61.1 cm³/mol. The van der Waals surface area contributed by atoms with Crippen molar-refractivity contribution in [1.82, 2.24) is 0 Å². The van der Waals surface area contributed by atoms with Crippen LogP contribution in [0, 0.1) is 10.1 Å². The number of nitrogens with two attached hydrogens (primary N) is 3. The first kappa shape index (κ1) is 13.2. The van der Waals surface area contributed by atoms with Gasteiger partial charge in [-0.2, -0.15) is 0 Å². The van der Waals surface area contributed by atoms with E-state index in [1.807, 2.05) is 0 Å². The topological polar surface area (TPSA) is 165 Å². The molecule has 1 aromatic rings. The van der Waals surface area contributed by atoms with Gasteiger partial charge in [0.15, 0.2) is 11.3 Å². The number of benzene rings is 1. The van der Waals surface area contributed by atoms with Gasteiger partial charge >= 0.3 is 0 Å². The van der Waals surface area contributed by atoms with Gasteiger partial charge in [0.05, 0.1) is 23.3 Å². The number of anilines is 1. The van der Waals surface area contributed by atoms with Gasteiger partial charge in [-0.3, -0.25) is 19.7 Å². The summed E-state index contributed by atoms with van der Waals surface area (Å²) < 4.78 is 4.78. The number of primary amides is 2. The van der Waals surface area contributed by atoms with Gasteiger partial charge in [0.2, 0.25) is 0 Å². The summed E-state index contributed by atoms with van der Waals surface area (Å²) in [7, 11) is 1.13. The normalized spacial score (nSPS) is 9.83. The summed E-state index contributed by atoms with van der Waals surface area (Å²) in [6, 6.07) is 0.792. The first-order chi connectivity index (χ1) is 8.31. The second kappa shape index (κ2) is 4.57. The van der Waals surface area contributed by atoms with Crippen LogP contribution in [0.15, 0.2) is 6.07 Å². The van der Waals surface area contributed by atoms with Crippen molar-refractivity contribution >= 4 is 23.2 Å². The Balaban J connectivity index is 3.80.